The minimum atomic E-state index is -0.184. The minimum absolute atomic E-state index is 0.184. The first-order valence-electron chi connectivity index (χ1n) is 7.40. The predicted octanol–water partition coefficient (Wildman–Crippen LogP) is 2.77. The number of hydrogen-bond acceptors (Lipinski definition) is 5. The molecular formula is C18H13N3O2S. The second-order valence-electron chi connectivity index (χ2n) is 5.27. The zero-order valence-electron chi connectivity index (χ0n) is 12.8. The van der Waals surface area contributed by atoms with Crippen LogP contribution in [0.3, 0.4) is 0 Å². The van der Waals surface area contributed by atoms with E-state index in [0.29, 0.717) is 21.1 Å². The van der Waals surface area contributed by atoms with Crippen LogP contribution in [0.5, 0.6) is 0 Å². The van der Waals surface area contributed by atoms with Gasteiger partial charge in [-0.2, -0.15) is 9.50 Å². The highest BCUT2D eigenvalue weighted by atomic mass is 32.1. The number of rotatable bonds is 3. The largest absolute Gasteiger partial charge is 0.462 e. The van der Waals surface area contributed by atoms with Crippen molar-refractivity contribution in [3.8, 4) is 0 Å². The second kappa shape index (κ2) is 5.90. The van der Waals surface area contributed by atoms with Crippen LogP contribution in [0.2, 0.25) is 0 Å². The van der Waals surface area contributed by atoms with E-state index in [1.807, 2.05) is 55.5 Å². The third-order valence-electron chi connectivity index (χ3n) is 3.46. The van der Waals surface area contributed by atoms with Crippen LogP contribution in [0.25, 0.3) is 23.2 Å². The molecule has 0 spiro atoms. The summed E-state index contributed by atoms with van der Waals surface area (Å²) in [4.78, 5) is 17.4. The first-order chi connectivity index (χ1) is 11.7. The molecule has 0 unspecified atom stereocenters. The van der Waals surface area contributed by atoms with Crippen LogP contribution in [-0.4, -0.2) is 14.6 Å². The van der Waals surface area contributed by atoms with Crippen LogP contribution in [0.15, 0.2) is 51.7 Å². The quantitative estimate of drug-likeness (QED) is 0.578. The van der Waals surface area contributed by atoms with Gasteiger partial charge in [0.05, 0.1) is 0 Å². The Morgan fingerprint density at radius 2 is 1.96 bits per heavy atom. The molecule has 0 bridgehead atoms. The van der Waals surface area contributed by atoms with E-state index >= 15 is 0 Å². The van der Waals surface area contributed by atoms with Crippen LogP contribution in [0.4, 0.5) is 0 Å². The van der Waals surface area contributed by atoms with Gasteiger partial charge >= 0.3 is 0 Å². The topological polar surface area (TPSA) is 60.4 Å². The fourth-order valence-corrected chi connectivity index (χ4v) is 3.21. The Hall–Kier alpha value is -2.99. The molecule has 24 heavy (non-hydrogen) atoms. The van der Waals surface area contributed by atoms with Gasteiger partial charge in [-0.25, -0.2) is 0 Å². The minimum Gasteiger partial charge on any atom is -0.462 e. The zero-order chi connectivity index (χ0) is 16.5. The maximum absolute atomic E-state index is 12.4. The third kappa shape index (κ3) is 2.79. The van der Waals surface area contributed by atoms with E-state index in [9.17, 15) is 4.79 Å². The number of nitrogens with zero attached hydrogens (tertiary/aromatic N) is 3. The Kier molecular flexibility index (Phi) is 3.59. The molecule has 4 aromatic rings. The van der Waals surface area contributed by atoms with Gasteiger partial charge in [0.25, 0.3) is 5.56 Å². The average Bonchev–Trinajstić information content (AvgIpc) is 3.25. The lowest BCUT2D eigenvalue weighted by molar-refractivity contribution is 0.525. The summed E-state index contributed by atoms with van der Waals surface area (Å²) in [5.74, 6) is 1.97. The molecule has 118 valence electrons. The van der Waals surface area contributed by atoms with Crippen molar-refractivity contribution in [2.75, 3.05) is 0 Å². The number of benzene rings is 1. The molecule has 0 fully saturated rings. The van der Waals surface area contributed by atoms with Crippen LogP contribution >= 0.6 is 11.3 Å². The van der Waals surface area contributed by atoms with Gasteiger partial charge in [0.15, 0.2) is 5.82 Å². The molecule has 1 aromatic carbocycles. The zero-order valence-corrected chi connectivity index (χ0v) is 13.7. The van der Waals surface area contributed by atoms with E-state index in [1.54, 1.807) is 12.2 Å². The molecule has 0 saturated heterocycles. The van der Waals surface area contributed by atoms with Crippen molar-refractivity contribution in [3.63, 3.8) is 0 Å². The summed E-state index contributed by atoms with van der Waals surface area (Å²) in [5.41, 5.74) is 0.871. The second-order valence-corrected chi connectivity index (χ2v) is 6.28. The smallest absolute Gasteiger partial charge is 0.291 e. The SMILES string of the molecule is Cc1ccc(C=c2sc3nc(C=Cc4ccccc4)nn3c2=O)o1. The number of furan rings is 1. The van der Waals surface area contributed by atoms with Crippen molar-refractivity contribution < 1.29 is 4.42 Å². The van der Waals surface area contributed by atoms with Gasteiger partial charge in [0.1, 0.15) is 16.1 Å². The first-order valence-corrected chi connectivity index (χ1v) is 8.21. The fraction of sp³-hybridized carbons (Fsp3) is 0.0556. The standard InChI is InChI=1S/C18H13N3O2S/c1-12-7-9-14(23-12)11-15-17(22)21-18(24-15)19-16(20-21)10-8-13-5-3-2-4-6-13/h2-11H,1H3. The van der Waals surface area contributed by atoms with Gasteiger partial charge in [-0.3, -0.25) is 4.79 Å². The van der Waals surface area contributed by atoms with Crippen LogP contribution in [0.1, 0.15) is 22.9 Å². The molecule has 0 atom stereocenters. The number of aryl methyl sites for hydroxylation is 1. The molecule has 0 aliphatic carbocycles. The Labute approximate surface area is 141 Å². The Morgan fingerprint density at radius 1 is 1.12 bits per heavy atom. The molecule has 0 saturated carbocycles. The summed E-state index contributed by atoms with van der Waals surface area (Å²) < 4.78 is 7.36. The van der Waals surface area contributed by atoms with E-state index in [-0.39, 0.29) is 5.56 Å². The fourth-order valence-electron chi connectivity index (χ4n) is 2.31. The lowest BCUT2D eigenvalue weighted by Gasteiger charge is -1.88. The van der Waals surface area contributed by atoms with E-state index in [0.717, 1.165) is 11.3 Å². The highest BCUT2D eigenvalue weighted by molar-refractivity contribution is 7.15. The number of hydrogen-bond donors (Lipinski definition) is 0. The van der Waals surface area contributed by atoms with Crippen molar-refractivity contribution in [1.82, 2.24) is 14.6 Å². The molecule has 4 rings (SSSR count). The lowest BCUT2D eigenvalue weighted by atomic mass is 10.2. The molecule has 0 radical (unpaired) electrons. The number of thiazole rings is 1. The molecule has 0 amide bonds. The van der Waals surface area contributed by atoms with E-state index in [1.165, 1.54) is 15.9 Å². The highest BCUT2D eigenvalue weighted by Crippen LogP contribution is 2.09. The monoisotopic (exact) mass is 335 g/mol. The van der Waals surface area contributed by atoms with Crippen molar-refractivity contribution >= 4 is 34.5 Å². The van der Waals surface area contributed by atoms with Crippen LogP contribution in [0, 0.1) is 6.92 Å². The predicted molar refractivity (Wildman–Crippen MR) is 94.7 cm³/mol. The Balaban J connectivity index is 1.70. The molecular weight excluding hydrogens is 322 g/mol. The third-order valence-corrected chi connectivity index (χ3v) is 4.42. The summed E-state index contributed by atoms with van der Waals surface area (Å²) in [6, 6.07) is 13.6. The van der Waals surface area contributed by atoms with Gasteiger partial charge < -0.3 is 4.42 Å². The van der Waals surface area contributed by atoms with Crippen molar-refractivity contribution in [2.24, 2.45) is 0 Å². The van der Waals surface area contributed by atoms with E-state index < -0.39 is 0 Å². The highest BCUT2D eigenvalue weighted by Gasteiger charge is 2.09. The normalized spacial score (nSPS) is 12.6. The van der Waals surface area contributed by atoms with Crippen LogP contribution < -0.4 is 10.1 Å². The molecule has 6 heteroatoms. The Bertz CT molecular complexity index is 1140. The van der Waals surface area contributed by atoms with Gasteiger partial charge in [-0.05, 0) is 30.7 Å². The molecule has 0 N–H and O–H groups in total. The molecule has 5 nitrogen and oxygen atoms in total. The number of fused-ring (bicyclic) bond motifs is 1. The summed E-state index contributed by atoms with van der Waals surface area (Å²) >= 11 is 1.30. The maximum atomic E-state index is 12.4. The van der Waals surface area contributed by atoms with Crippen LogP contribution in [-0.2, 0) is 0 Å². The summed E-state index contributed by atoms with van der Waals surface area (Å²) in [7, 11) is 0. The summed E-state index contributed by atoms with van der Waals surface area (Å²) in [6.45, 7) is 1.86. The molecule has 0 aliphatic heterocycles. The molecule has 3 aromatic heterocycles. The number of aromatic nitrogens is 3. The van der Waals surface area contributed by atoms with Gasteiger partial charge in [0, 0.05) is 6.08 Å². The van der Waals surface area contributed by atoms with Gasteiger partial charge in [-0.1, -0.05) is 47.7 Å². The summed E-state index contributed by atoms with van der Waals surface area (Å²) in [5, 5.41) is 4.26. The molecule has 3 heterocycles. The summed E-state index contributed by atoms with van der Waals surface area (Å²) in [6.07, 6.45) is 5.44. The first kappa shape index (κ1) is 14.6. The van der Waals surface area contributed by atoms with E-state index in [2.05, 4.69) is 10.1 Å². The lowest BCUT2D eigenvalue weighted by Crippen LogP contribution is -2.23. The van der Waals surface area contributed by atoms with E-state index in [4.69, 9.17) is 4.42 Å². The van der Waals surface area contributed by atoms with Gasteiger partial charge in [-0.15, -0.1) is 5.10 Å². The van der Waals surface area contributed by atoms with Crippen molar-refractivity contribution in [2.45, 2.75) is 6.92 Å². The van der Waals surface area contributed by atoms with Crippen molar-refractivity contribution in [3.05, 3.63) is 80.3 Å². The maximum Gasteiger partial charge on any atom is 0.291 e. The molecule has 0 aliphatic rings. The van der Waals surface area contributed by atoms with Gasteiger partial charge in [0.2, 0.25) is 4.96 Å². The Morgan fingerprint density at radius 3 is 2.67 bits per heavy atom. The van der Waals surface area contributed by atoms with Crippen molar-refractivity contribution in [1.29, 1.82) is 0 Å². The average molecular weight is 335 g/mol.